The highest BCUT2D eigenvalue weighted by Crippen LogP contribution is 2.62. The maximum atomic E-state index is 9.69. The molecular formula is C15H20O. The summed E-state index contributed by atoms with van der Waals surface area (Å²) in [6.07, 6.45) is 6.43. The van der Waals surface area contributed by atoms with Crippen molar-refractivity contribution in [1.82, 2.24) is 0 Å². The van der Waals surface area contributed by atoms with Crippen LogP contribution in [0.5, 0.6) is 0 Å². The van der Waals surface area contributed by atoms with Crippen molar-refractivity contribution < 1.29 is 5.11 Å². The zero-order valence-corrected chi connectivity index (χ0v) is 9.73. The summed E-state index contributed by atoms with van der Waals surface area (Å²) in [5.41, 5.74) is 1.76. The molecule has 2 aliphatic rings. The molecule has 0 amide bonds. The summed E-state index contributed by atoms with van der Waals surface area (Å²) in [6.45, 7) is 0.404. The van der Waals surface area contributed by atoms with E-state index in [0.717, 1.165) is 11.8 Å². The third-order valence-electron chi connectivity index (χ3n) is 4.72. The van der Waals surface area contributed by atoms with E-state index in [1.165, 1.54) is 37.7 Å². The Labute approximate surface area is 97.5 Å². The Bertz CT molecular complexity index is 351. The fraction of sp³-hybridized carbons (Fsp3) is 0.600. The molecule has 1 aromatic carbocycles. The minimum Gasteiger partial charge on any atom is -0.396 e. The van der Waals surface area contributed by atoms with Crippen LogP contribution in [0.25, 0.3) is 0 Å². The van der Waals surface area contributed by atoms with Gasteiger partial charge in [-0.1, -0.05) is 43.2 Å². The van der Waals surface area contributed by atoms with Gasteiger partial charge in [0.15, 0.2) is 0 Å². The topological polar surface area (TPSA) is 20.2 Å². The molecular weight excluding hydrogens is 196 g/mol. The largest absolute Gasteiger partial charge is 0.396 e. The molecule has 1 N–H and O–H groups in total. The first kappa shape index (κ1) is 10.3. The lowest BCUT2D eigenvalue weighted by Gasteiger charge is -2.27. The van der Waals surface area contributed by atoms with Gasteiger partial charge < -0.3 is 5.11 Å². The van der Waals surface area contributed by atoms with Gasteiger partial charge in [0.25, 0.3) is 0 Å². The van der Waals surface area contributed by atoms with Crippen molar-refractivity contribution in [3.8, 4) is 0 Å². The summed E-state index contributed by atoms with van der Waals surface area (Å²) < 4.78 is 0. The molecule has 2 atom stereocenters. The quantitative estimate of drug-likeness (QED) is 0.821. The van der Waals surface area contributed by atoms with Crippen molar-refractivity contribution in [3.05, 3.63) is 35.9 Å². The summed E-state index contributed by atoms with van der Waals surface area (Å²) in [4.78, 5) is 0. The summed E-state index contributed by atoms with van der Waals surface area (Å²) in [6, 6.07) is 10.8. The van der Waals surface area contributed by atoms with Gasteiger partial charge in [0.05, 0.1) is 0 Å². The molecule has 2 aliphatic carbocycles. The molecule has 0 spiro atoms. The minimum absolute atomic E-state index is 0.278. The van der Waals surface area contributed by atoms with Gasteiger partial charge in [0.1, 0.15) is 0 Å². The van der Waals surface area contributed by atoms with E-state index in [-0.39, 0.29) is 5.41 Å². The fourth-order valence-electron chi connectivity index (χ4n) is 3.67. The zero-order chi connectivity index (χ0) is 11.0. The highest BCUT2D eigenvalue weighted by Gasteiger charge is 2.53. The molecule has 1 aromatic rings. The summed E-state index contributed by atoms with van der Waals surface area (Å²) in [5, 5.41) is 9.69. The van der Waals surface area contributed by atoms with E-state index >= 15 is 0 Å². The van der Waals surface area contributed by atoms with Crippen molar-refractivity contribution in [3.63, 3.8) is 0 Å². The van der Waals surface area contributed by atoms with Crippen molar-refractivity contribution in [1.29, 1.82) is 0 Å². The molecule has 0 aliphatic heterocycles. The summed E-state index contributed by atoms with van der Waals surface area (Å²) in [7, 11) is 0. The molecule has 0 radical (unpaired) electrons. The van der Waals surface area contributed by atoms with E-state index in [1.807, 2.05) is 0 Å². The first-order valence-electron chi connectivity index (χ1n) is 6.51. The fourth-order valence-corrected chi connectivity index (χ4v) is 3.67. The molecule has 3 rings (SSSR count). The number of aliphatic hydroxyl groups is 1. The third-order valence-corrected chi connectivity index (χ3v) is 4.72. The summed E-state index contributed by atoms with van der Waals surface area (Å²) >= 11 is 0. The molecule has 16 heavy (non-hydrogen) atoms. The second kappa shape index (κ2) is 3.89. The first-order chi connectivity index (χ1) is 7.86. The Morgan fingerprint density at radius 3 is 2.44 bits per heavy atom. The van der Waals surface area contributed by atoms with Gasteiger partial charge in [0, 0.05) is 6.61 Å². The molecule has 2 unspecified atom stereocenters. The van der Waals surface area contributed by atoms with Crippen LogP contribution in [0.1, 0.15) is 43.6 Å². The Hall–Kier alpha value is -0.820. The van der Waals surface area contributed by atoms with Gasteiger partial charge >= 0.3 is 0 Å². The maximum absolute atomic E-state index is 9.69. The average molecular weight is 216 g/mol. The van der Waals surface area contributed by atoms with E-state index in [2.05, 4.69) is 30.3 Å². The molecule has 86 valence electrons. The lowest BCUT2D eigenvalue weighted by Crippen LogP contribution is -2.24. The molecule has 0 heterocycles. The van der Waals surface area contributed by atoms with Crippen molar-refractivity contribution in [2.75, 3.05) is 6.61 Å². The average Bonchev–Trinajstić information content (AvgIpc) is 3.02. The van der Waals surface area contributed by atoms with Crippen molar-refractivity contribution in [2.45, 2.75) is 38.0 Å². The van der Waals surface area contributed by atoms with Crippen LogP contribution in [-0.2, 0) is 0 Å². The highest BCUT2D eigenvalue weighted by molar-refractivity contribution is 5.27. The number of hydrogen-bond acceptors (Lipinski definition) is 1. The smallest absolute Gasteiger partial charge is 0.0490 e. The van der Waals surface area contributed by atoms with E-state index < -0.39 is 0 Å². The monoisotopic (exact) mass is 216 g/mol. The van der Waals surface area contributed by atoms with Gasteiger partial charge in [-0.05, 0) is 42.1 Å². The van der Waals surface area contributed by atoms with Gasteiger partial charge in [-0.15, -0.1) is 0 Å². The third kappa shape index (κ3) is 1.58. The van der Waals surface area contributed by atoms with E-state index in [4.69, 9.17) is 0 Å². The van der Waals surface area contributed by atoms with E-state index in [0.29, 0.717) is 6.61 Å². The molecule has 0 aromatic heterocycles. The van der Waals surface area contributed by atoms with Crippen LogP contribution >= 0.6 is 0 Å². The second-order valence-electron chi connectivity index (χ2n) is 5.59. The van der Waals surface area contributed by atoms with Crippen LogP contribution in [0.2, 0.25) is 0 Å². The molecule has 1 nitrogen and oxygen atoms in total. The van der Waals surface area contributed by atoms with E-state index in [9.17, 15) is 5.11 Å². The number of benzene rings is 1. The Morgan fingerprint density at radius 1 is 1.12 bits per heavy atom. The predicted molar refractivity (Wildman–Crippen MR) is 65.3 cm³/mol. The molecule has 1 heteroatoms. The standard InChI is InChI=1S/C15H20O/c16-11-15(8-4-5-9-15)14-10-13(14)12-6-2-1-3-7-12/h1-3,6-7,13-14,16H,4-5,8-11H2. The number of aliphatic hydroxyl groups excluding tert-OH is 1. The number of rotatable bonds is 3. The van der Waals surface area contributed by atoms with Crippen LogP contribution < -0.4 is 0 Å². The van der Waals surface area contributed by atoms with Crippen LogP contribution in [0.15, 0.2) is 30.3 Å². The Morgan fingerprint density at radius 2 is 1.81 bits per heavy atom. The van der Waals surface area contributed by atoms with Crippen LogP contribution in [0.3, 0.4) is 0 Å². The van der Waals surface area contributed by atoms with E-state index in [1.54, 1.807) is 0 Å². The lowest BCUT2D eigenvalue weighted by molar-refractivity contribution is 0.105. The Balaban J connectivity index is 1.76. The van der Waals surface area contributed by atoms with Gasteiger partial charge in [-0.25, -0.2) is 0 Å². The van der Waals surface area contributed by atoms with Gasteiger partial charge in [-0.3, -0.25) is 0 Å². The van der Waals surface area contributed by atoms with Crippen molar-refractivity contribution in [2.24, 2.45) is 11.3 Å². The highest BCUT2D eigenvalue weighted by atomic mass is 16.3. The Kier molecular flexibility index (Phi) is 2.51. The second-order valence-corrected chi connectivity index (χ2v) is 5.59. The predicted octanol–water partition coefficient (Wildman–Crippen LogP) is 3.34. The van der Waals surface area contributed by atoms with Crippen LogP contribution in [0.4, 0.5) is 0 Å². The van der Waals surface area contributed by atoms with Crippen LogP contribution in [-0.4, -0.2) is 11.7 Å². The molecule has 0 bridgehead atoms. The van der Waals surface area contributed by atoms with Gasteiger partial charge in [0.2, 0.25) is 0 Å². The minimum atomic E-state index is 0.278. The molecule has 2 fully saturated rings. The maximum Gasteiger partial charge on any atom is 0.0490 e. The van der Waals surface area contributed by atoms with Crippen LogP contribution in [0, 0.1) is 11.3 Å². The zero-order valence-electron chi connectivity index (χ0n) is 9.73. The lowest BCUT2D eigenvalue weighted by atomic mass is 9.80. The summed E-state index contributed by atoms with van der Waals surface area (Å²) in [5.74, 6) is 1.48. The molecule has 0 saturated heterocycles. The normalized spacial score (nSPS) is 31.6. The van der Waals surface area contributed by atoms with Gasteiger partial charge in [-0.2, -0.15) is 0 Å². The molecule has 2 saturated carbocycles. The number of hydrogen-bond donors (Lipinski definition) is 1. The SMILES string of the molecule is OCC1(C2CC2c2ccccc2)CCCC1. The first-order valence-corrected chi connectivity index (χ1v) is 6.51. The van der Waals surface area contributed by atoms with Crippen molar-refractivity contribution >= 4 is 0 Å².